The van der Waals surface area contributed by atoms with Crippen molar-refractivity contribution in [1.29, 1.82) is 0 Å². The van der Waals surface area contributed by atoms with Gasteiger partial charge in [0.2, 0.25) is 0 Å². The molecule has 1 aromatic rings. The maximum atomic E-state index is 4.49. The number of aromatic nitrogens is 2. The number of hydrogen-bond donors (Lipinski definition) is 1. The van der Waals surface area contributed by atoms with Crippen LogP contribution in [0.3, 0.4) is 0 Å². The van der Waals surface area contributed by atoms with Crippen molar-refractivity contribution in [3.63, 3.8) is 0 Å². The van der Waals surface area contributed by atoms with Crippen LogP contribution in [0.4, 0.5) is 0 Å². The molecule has 0 saturated carbocycles. The second-order valence-electron chi connectivity index (χ2n) is 3.26. The Labute approximate surface area is 85.8 Å². The van der Waals surface area contributed by atoms with Crippen LogP contribution in [0.25, 0.3) is 0 Å². The largest absolute Gasteiger partial charge is 0.334 e. The van der Waals surface area contributed by atoms with E-state index in [2.05, 4.69) is 36.0 Å². The lowest BCUT2D eigenvalue weighted by atomic mass is 10.3. The molecule has 0 radical (unpaired) electrons. The molecule has 1 unspecified atom stereocenters. The molecule has 0 saturated heterocycles. The Morgan fingerprint density at radius 1 is 1.54 bits per heavy atom. The minimum Gasteiger partial charge on any atom is -0.334 e. The number of unbranched alkanes of at least 4 members (excludes halogenated alkanes) is 1. The van der Waals surface area contributed by atoms with E-state index in [0.29, 0.717) is 0 Å². The molecule has 1 atom stereocenters. The summed E-state index contributed by atoms with van der Waals surface area (Å²) in [7, 11) is 0. The zero-order chi connectivity index (χ0) is 9.68. The van der Waals surface area contributed by atoms with Gasteiger partial charge < -0.3 is 4.57 Å². The monoisotopic (exact) mass is 198 g/mol. The van der Waals surface area contributed by atoms with Crippen LogP contribution in [0.5, 0.6) is 0 Å². The predicted molar refractivity (Wildman–Crippen MR) is 59.2 cm³/mol. The van der Waals surface area contributed by atoms with Crippen LogP contribution in [-0.2, 0) is 6.54 Å². The fourth-order valence-electron chi connectivity index (χ4n) is 1.32. The predicted octanol–water partition coefficient (Wildman–Crippen LogP) is 3.06. The van der Waals surface area contributed by atoms with Gasteiger partial charge in [-0.25, -0.2) is 4.98 Å². The molecule has 0 fully saturated rings. The fraction of sp³-hybridized carbons (Fsp3) is 0.700. The van der Waals surface area contributed by atoms with Gasteiger partial charge in [-0.15, -0.1) is 0 Å². The molecule has 1 aromatic heterocycles. The van der Waals surface area contributed by atoms with Crippen molar-refractivity contribution in [2.24, 2.45) is 0 Å². The van der Waals surface area contributed by atoms with Crippen molar-refractivity contribution in [1.82, 2.24) is 9.55 Å². The molecule has 0 amide bonds. The first kappa shape index (κ1) is 10.6. The summed E-state index contributed by atoms with van der Waals surface area (Å²) in [5.41, 5.74) is 0. The maximum absolute atomic E-state index is 4.49. The summed E-state index contributed by atoms with van der Waals surface area (Å²) in [6.45, 7) is 5.41. The van der Waals surface area contributed by atoms with Crippen molar-refractivity contribution in [3.05, 3.63) is 18.2 Å². The van der Waals surface area contributed by atoms with E-state index in [1.54, 1.807) is 0 Å². The zero-order valence-corrected chi connectivity index (χ0v) is 9.30. The molecule has 74 valence electrons. The van der Waals surface area contributed by atoms with E-state index in [-0.39, 0.29) is 5.25 Å². The van der Waals surface area contributed by atoms with Crippen molar-refractivity contribution < 1.29 is 0 Å². The Morgan fingerprint density at radius 3 is 2.92 bits per heavy atom. The third-order valence-electron chi connectivity index (χ3n) is 2.18. The molecular formula is C10H18N2S. The maximum Gasteiger partial charge on any atom is 0.121 e. The molecule has 0 spiro atoms. The summed E-state index contributed by atoms with van der Waals surface area (Å²) in [5, 5.41) is 0.284. The van der Waals surface area contributed by atoms with E-state index < -0.39 is 0 Å². The quantitative estimate of drug-likeness (QED) is 0.720. The smallest absolute Gasteiger partial charge is 0.121 e. The zero-order valence-electron chi connectivity index (χ0n) is 8.40. The standard InChI is InChI=1S/C10H18N2S/c1-3-5-7-12-8-6-11-10(12)9(13)4-2/h6,8-9,13H,3-5,7H2,1-2H3. The molecule has 3 heteroatoms. The number of rotatable bonds is 5. The summed E-state index contributed by atoms with van der Waals surface area (Å²) < 4.78 is 2.21. The summed E-state index contributed by atoms with van der Waals surface area (Å²) in [6.07, 6.45) is 7.38. The topological polar surface area (TPSA) is 17.8 Å². The average Bonchev–Trinajstić information content (AvgIpc) is 2.61. The van der Waals surface area contributed by atoms with Crippen LogP contribution >= 0.6 is 12.6 Å². The number of hydrogen-bond acceptors (Lipinski definition) is 2. The van der Waals surface area contributed by atoms with E-state index in [9.17, 15) is 0 Å². The lowest BCUT2D eigenvalue weighted by molar-refractivity contribution is 0.595. The van der Waals surface area contributed by atoms with Crippen LogP contribution in [0.2, 0.25) is 0 Å². The van der Waals surface area contributed by atoms with Crippen molar-refractivity contribution in [2.75, 3.05) is 0 Å². The summed E-state index contributed by atoms with van der Waals surface area (Å²) in [6, 6.07) is 0. The first-order chi connectivity index (χ1) is 6.29. The highest BCUT2D eigenvalue weighted by molar-refractivity contribution is 7.80. The summed E-state index contributed by atoms with van der Waals surface area (Å²) >= 11 is 4.49. The summed E-state index contributed by atoms with van der Waals surface area (Å²) in [5.74, 6) is 1.11. The molecule has 0 aliphatic rings. The highest BCUT2D eigenvalue weighted by Crippen LogP contribution is 2.21. The second kappa shape index (κ2) is 5.32. The van der Waals surface area contributed by atoms with E-state index in [1.165, 1.54) is 12.8 Å². The van der Waals surface area contributed by atoms with Gasteiger partial charge in [-0.3, -0.25) is 0 Å². The second-order valence-corrected chi connectivity index (χ2v) is 3.88. The van der Waals surface area contributed by atoms with Crippen LogP contribution in [0.15, 0.2) is 12.4 Å². The first-order valence-corrected chi connectivity index (χ1v) is 5.50. The molecule has 13 heavy (non-hydrogen) atoms. The Hall–Kier alpha value is -0.440. The van der Waals surface area contributed by atoms with Gasteiger partial charge in [0, 0.05) is 18.9 Å². The van der Waals surface area contributed by atoms with Gasteiger partial charge >= 0.3 is 0 Å². The minimum atomic E-state index is 0.284. The molecule has 0 aliphatic heterocycles. The van der Waals surface area contributed by atoms with Gasteiger partial charge in [-0.05, 0) is 12.8 Å². The fourth-order valence-corrected chi connectivity index (χ4v) is 1.53. The Kier molecular flexibility index (Phi) is 4.36. The molecule has 0 N–H and O–H groups in total. The lowest BCUT2D eigenvalue weighted by Crippen LogP contribution is -2.04. The van der Waals surface area contributed by atoms with Crippen molar-refractivity contribution in [2.45, 2.75) is 44.9 Å². The van der Waals surface area contributed by atoms with Gasteiger partial charge in [-0.2, -0.15) is 12.6 Å². The van der Waals surface area contributed by atoms with E-state index >= 15 is 0 Å². The molecule has 0 bridgehead atoms. The Morgan fingerprint density at radius 2 is 2.31 bits per heavy atom. The Bertz CT molecular complexity index is 245. The van der Waals surface area contributed by atoms with Crippen molar-refractivity contribution in [3.8, 4) is 0 Å². The third kappa shape index (κ3) is 2.76. The highest BCUT2D eigenvalue weighted by Gasteiger charge is 2.09. The first-order valence-electron chi connectivity index (χ1n) is 4.98. The number of imidazole rings is 1. The Balaban J connectivity index is 2.65. The average molecular weight is 198 g/mol. The summed E-state index contributed by atoms with van der Waals surface area (Å²) in [4.78, 5) is 4.33. The molecule has 0 aromatic carbocycles. The molecule has 1 heterocycles. The third-order valence-corrected chi connectivity index (χ3v) is 2.78. The van der Waals surface area contributed by atoms with E-state index in [1.807, 2.05) is 12.4 Å². The van der Waals surface area contributed by atoms with Gasteiger partial charge in [0.1, 0.15) is 5.82 Å². The molecule has 2 nitrogen and oxygen atoms in total. The lowest BCUT2D eigenvalue weighted by Gasteiger charge is -2.10. The normalized spacial score (nSPS) is 13.2. The molecule has 1 rings (SSSR count). The molecule has 0 aliphatic carbocycles. The van der Waals surface area contributed by atoms with E-state index in [4.69, 9.17) is 0 Å². The van der Waals surface area contributed by atoms with Crippen LogP contribution in [0, 0.1) is 0 Å². The van der Waals surface area contributed by atoms with Gasteiger partial charge in [0.15, 0.2) is 0 Å². The number of aryl methyl sites for hydroxylation is 1. The number of nitrogens with zero attached hydrogens (tertiary/aromatic N) is 2. The molecular weight excluding hydrogens is 180 g/mol. The van der Waals surface area contributed by atoms with E-state index in [0.717, 1.165) is 18.8 Å². The van der Waals surface area contributed by atoms with Gasteiger partial charge in [-0.1, -0.05) is 20.3 Å². The van der Waals surface area contributed by atoms with Gasteiger partial charge in [0.25, 0.3) is 0 Å². The van der Waals surface area contributed by atoms with Crippen LogP contribution in [0.1, 0.15) is 44.2 Å². The SMILES string of the molecule is CCCCn1ccnc1C(S)CC. The number of thiol groups is 1. The van der Waals surface area contributed by atoms with Crippen molar-refractivity contribution >= 4 is 12.6 Å². The van der Waals surface area contributed by atoms with Gasteiger partial charge in [0.05, 0.1) is 5.25 Å². The van der Waals surface area contributed by atoms with Crippen LogP contribution in [-0.4, -0.2) is 9.55 Å². The minimum absolute atomic E-state index is 0.284. The van der Waals surface area contributed by atoms with Crippen LogP contribution < -0.4 is 0 Å². The highest BCUT2D eigenvalue weighted by atomic mass is 32.1.